The van der Waals surface area contributed by atoms with Gasteiger partial charge < -0.3 is 15.2 Å². The number of carbonyl (C=O) groups excluding carboxylic acids is 1. The number of benzene rings is 1. The second-order valence-corrected chi connectivity index (χ2v) is 8.41. The van der Waals surface area contributed by atoms with Gasteiger partial charge in [-0.1, -0.05) is 0 Å². The van der Waals surface area contributed by atoms with Gasteiger partial charge in [-0.25, -0.2) is 14.4 Å². The predicted molar refractivity (Wildman–Crippen MR) is 105 cm³/mol. The number of fused-ring (bicyclic) bond motifs is 2. The fourth-order valence-corrected chi connectivity index (χ4v) is 5.15. The van der Waals surface area contributed by atoms with Crippen molar-refractivity contribution in [2.75, 3.05) is 12.3 Å². The lowest BCUT2D eigenvalue weighted by molar-refractivity contribution is -0.134. The van der Waals surface area contributed by atoms with E-state index in [2.05, 4.69) is 9.97 Å². The van der Waals surface area contributed by atoms with Crippen molar-refractivity contribution in [1.29, 1.82) is 0 Å². The minimum Gasteiger partial charge on any atom is -0.375 e. The van der Waals surface area contributed by atoms with Crippen LogP contribution in [0.25, 0.3) is 5.69 Å². The molecule has 0 bridgehead atoms. The van der Waals surface area contributed by atoms with E-state index >= 15 is 0 Å². The van der Waals surface area contributed by atoms with Crippen LogP contribution in [0.4, 0.5) is 9.52 Å². The van der Waals surface area contributed by atoms with Gasteiger partial charge in [-0.15, -0.1) is 11.3 Å². The predicted octanol–water partition coefficient (Wildman–Crippen LogP) is 3.05. The Morgan fingerprint density at radius 1 is 1.25 bits per heavy atom. The van der Waals surface area contributed by atoms with Crippen molar-refractivity contribution in [2.45, 2.75) is 38.1 Å². The van der Waals surface area contributed by atoms with E-state index < -0.39 is 0 Å². The first-order valence-corrected chi connectivity index (χ1v) is 10.3. The van der Waals surface area contributed by atoms with Gasteiger partial charge >= 0.3 is 0 Å². The van der Waals surface area contributed by atoms with Crippen LogP contribution < -0.4 is 5.73 Å². The van der Waals surface area contributed by atoms with Crippen LogP contribution >= 0.6 is 11.3 Å². The van der Waals surface area contributed by atoms with Gasteiger partial charge in [0.25, 0.3) is 0 Å². The highest BCUT2D eigenvalue weighted by Gasteiger charge is 2.35. The fourth-order valence-electron chi connectivity index (χ4n) is 4.22. The Morgan fingerprint density at radius 2 is 2.07 bits per heavy atom. The molecule has 2 aromatic heterocycles. The molecule has 3 heterocycles. The molecule has 1 unspecified atom stereocenters. The van der Waals surface area contributed by atoms with Crippen molar-refractivity contribution >= 4 is 22.4 Å². The van der Waals surface area contributed by atoms with Crippen LogP contribution in [-0.2, 0) is 24.2 Å². The third-order valence-corrected chi connectivity index (χ3v) is 6.56. The highest BCUT2D eigenvalue weighted by molar-refractivity contribution is 7.15. The molecule has 1 aromatic carbocycles. The van der Waals surface area contributed by atoms with Crippen molar-refractivity contribution in [3.63, 3.8) is 0 Å². The maximum Gasteiger partial charge on any atom is 0.232 e. The summed E-state index contributed by atoms with van der Waals surface area (Å²) in [4.78, 5) is 25.2. The lowest BCUT2D eigenvalue weighted by atomic mass is 9.89. The Kier molecular flexibility index (Phi) is 4.16. The monoisotopic (exact) mass is 397 g/mol. The van der Waals surface area contributed by atoms with Gasteiger partial charge in [0.1, 0.15) is 5.82 Å². The molecule has 8 heteroatoms. The smallest absolute Gasteiger partial charge is 0.232 e. The number of amides is 1. The molecule has 144 valence electrons. The standard InChI is InChI=1S/C20H20FN5OS/c21-12-4-6-13(7-5-12)26-11-23-15-10-25(9-8-16(15)26)19(27)14-2-1-3-17-18(14)24-20(22)28-17/h4-7,11,14H,1-3,8-10H2,(H2,22,24). The molecule has 2 N–H and O–H groups in total. The molecule has 5 rings (SSSR count). The molecule has 6 nitrogen and oxygen atoms in total. The number of carbonyl (C=O) groups is 1. The number of imidazole rings is 1. The average Bonchev–Trinajstić information content (AvgIpc) is 3.29. The van der Waals surface area contributed by atoms with E-state index in [-0.39, 0.29) is 17.6 Å². The zero-order chi connectivity index (χ0) is 19.3. The maximum absolute atomic E-state index is 13.2. The highest BCUT2D eigenvalue weighted by Crippen LogP contribution is 2.37. The largest absolute Gasteiger partial charge is 0.375 e. The number of nitrogens with zero attached hydrogens (tertiary/aromatic N) is 4. The Labute approximate surface area is 165 Å². The van der Waals surface area contributed by atoms with Crippen LogP contribution in [0.15, 0.2) is 30.6 Å². The Bertz CT molecular complexity index is 1040. The number of aryl methyl sites for hydroxylation is 1. The molecule has 28 heavy (non-hydrogen) atoms. The lowest BCUT2D eigenvalue weighted by Crippen LogP contribution is -2.40. The summed E-state index contributed by atoms with van der Waals surface area (Å²) in [6.07, 6.45) is 5.24. The van der Waals surface area contributed by atoms with E-state index in [9.17, 15) is 9.18 Å². The van der Waals surface area contributed by atoms with E-state index in [0.29, 0.717) is 18.2 Å². The maximum atomic E-state index is 13.2. The molecule has 0 fully saturated rings. The molecular weight excluding hydrogens is 377 g/mol. The van der Waals surface area contributed by atoms with Crippen LogP contribution in [-0.4, -0.2) is 31.9 Å². The minimum atomic E-state index is -0.260. The van der Waals surface area contributed by atoms with E-state index in [1.165, 1.54) is 23.5 Å². The van der Waals surface area contributed by atoms with E-state index in [1.54, 1.807) is 18.5 Å². The Balaban J connectivity index is 1.38. The summed E-state index contributed by atoms with van der Waals surface area (Å²) in [5.41, 5.74) is 9.61. The Hall–Kier alpha value is -2.74. The molecule has 1 aliphatic heterocycles. The molecule has 1 atom stereocenters. The summed E-state index contributed by atoms with van der Waals surface area (Å²) in [5, 5.41) is 0.545. The number of anilines is 1. The zero-order valence-electron chi connectivity index (χ0n) is 15.3. The number of aromatic nitrogens is 3. The number of hydrogen-bond donors (Lipinski definition) is 1. The second kappa shape index (κ2) is 6.70. The van der Waals surface area contributed by atoms with Crippen LogP contribution in [0.5, 0.6) is 0 Å². The van der Waals surface area contributed by atoms with Crippen LogP contribution in [0.2, 0.25) is 0 Å². The molecule has 1 amide bonds. The summed E-state index contributed by atoms with van der Waals surface area (Å²) in [6.45, 7) is 1.14. The zero-order valence-corrected chi connectivity index (χ0v) is 16.1. The van der Waals surface area contributed by atoms with Gasteiger partial charge in [0.15, 0.2) is 5.13 Å². The summed E-state index contributed by atoms with van der Waals surface area (Å²) >= 11 is 1.50. The summed E-state index contributed by atoms with van der Waals surface area (Å²) in [7, 11) is 0. The fraction of sp³-hybridized carbons (Fsp3) is 0.350. The molecule has 1 aliphatic carbocycles. The van der Waals surface area contributed by atoms with Gasteiger partial charge in [0, 0.05) is 29.2 Å². The number of thiazole rings is 1. The summed E-state index contributed by atoms with van der Waals surface area (Å²) in [6, 6.07) is 6.37. The number of halogens is 1. The Morgan fingerprint density at radius 3 is 2.89 bits per heavy atom. The number of nitrogens with two attached hydrogens (primary N) is 1. The summed E-state index contributed by atoms with van der Waals surface area (Å²) in [5.74, 6) is -0.338. The topological polar surface area (TPSA) is 77.0 Å². The van der Waals surface area contributed by atoms with Crippen molar-refractivity contribution in [2.24, 2.45) is 0 Å². The van der Waals surface area contributed by atoms with E-state index in [4.69, 9.17) is 5.73 Å². The third-order valence-electron chi connectivity index (χ3n) is 5.60. The molecule has 3 aromatic rings. The van der Waals surface area contributed by atoms with Crippen molar-refractivity contribution in [1.82, 2.24) is 19.4 Å². The van der Waals surface area contributed by atoms with Crippen molar-refractivity contribution in [3.8, 4) is 5.69 Å². The van der Waals surface area contributed by atoms with Gasteiger partial charge in [0.05, 0.1) is 30.2 Å². The number of rotatable bonds is 2. The molecule has 0 radical (unpaired) electrons. The molecule has 0 saturated carbocycles. The molecule has 2 aliphatic rings. The first kappa shape index (κ1) is 17.4. The second-order valence-electron chi connectivity index (χ2n) is 7.30. The summed E-state index contributed by atoms with van der Waals surface area (Å²) < 4.78 is 15.2. The first-order chi connectivity index (χ1) is 13.6. The third kappa shape index (κ3) is 2.88. The first-order valence-electron chi connectivity index (χ1n) is 9.45. The minimum absolute atomic E-state index is 0.119. The van der Waals surface area contributed by atoms with Gasteiger partial charge in [-0.2, -0.15) is 0 Å². The quantitative estimate of drug-likeness (QED) is 0.721. The highest BCUT2D eigenvalue weighted by atomic mass is 32.1. The van der Waals surface area contributed by atoms with Gasteiger partial charge in [-0.05, 0) is 43.5 Å². The van der Waals surface area contributed by atoms with Crippen LogP contribution in [0, 0.1) is 5.82 Å². The van der Waals surface area contributed by atoms with Crippen molar-refractivity contribution in [3.05, 3.63) is 58.4 Å². The van der Waals surface area contributed by atoms with Gasteiger partial charge in [0.2, 0.25) is 5.91 Å². The van der Waals surface area contributed by atoms with E-state index in [1.807, 2.05) is 9.47 Å². The number of hydrogen-bond acceptors (Lipinski definition) is 5. The number of nitrogen functional groups attached to an aromatic ring is 1. The van der Waals surface area contributed by atoms with Gasteiger partial charge in [-0.3, -0.25) is 4.79 Å². The lowest BCUT2D eigenvalue weighted by Gasteiger charge is -2.31. The molecule has 0 spiro atoms. The molecule has 0 saturated heterocycles. The van der Waals surface area contributed by atoms with Crippen molar-refractivity contribution < 1.29 is 9.18 Å². The average molecular weight is 397 g/mol. The van der Waals surface area contributed by atoms with E-state index in [0.717, 1.165) is 53.3 Å². The molecular formula is C20H20FN5OS. The van der Waals surface area contributed by atoms with Crippen LogP contribution in [0.1, 0.15) is 40.7 Å². The van der Waals surface area contributed by atoms with Crippen LogP contribution in [0.3, 0.4) is 0 Å². The SMILES string of the molecule is Nc1nc2c(s1)CCCC2C(=O)N1CCc2c(ncn2-c2ccc(F)cc2)C1. The normalized spacial score (nSPS) is 18.6.